The predicted octanol–water partition coefficient (Wildman–Crippen LogP) is 1.11. The average molecular weight is 278 g/mol. The van der Waals surface area contributed by atoms with Gasteiger partial charge in [0.1, 0.15) is 11.5 Å². The van der Waals surface area contributed by atoms with Gasteiger partial charge in [-0.1, -0.05) is 6.07 Å². The Kier molecular flexibility index (Phi) is 5.24. The smallest absolute Gasteiger partial charge is 0.237 e. The van der Waals surface area contributed by atoms with Gasteiger partial charge in [0.25, 0.3) is 0 Å². The molecule has 1 atom stereocenters. The second kappa shape index (κ2) is 7.14. The standard InChI is InChI=1S/C15H22N2O3/c1-19-12-6-5-11(14(10-12)20-2)7-9-17-15(18)13-4-3-8-16-13/h5-6,10,13,16H,3-4,7-9H2,1-2H3,(H,17,18). The Hall–Kier alpha value is -1.75. The van der Waals surface area contributed by atoms with Gasteiger partial charge >= 0.3 is 0 Å². The summed E-state index contributed by atoms with van der Waals surface area (Å²) < 4.78 is 10.5. The minimum Gasteiger partial charge on any atom is -0.497 e. The molecule has 1 unspecified atom stereocenters. The molecule has 2 rings (SSSR count). The first-order chi connectivity index (χ1) is 9.74. The monoisotopic (exact) mass is 278 g/mol. The lowest BCUT2D eigenvalue weighted by Gasteiger charge is -2.13. The first-order valence-corrected chi connectivity index (χ1v) is 6.96. The van der Waals surface area contributed by atoms with E-state index in [1.807, 2.05) is 18.2 Å². The normalized spacial score (nSPS) is 17.8. The van der Waals surface area contributed by atoms with Crippen LogP contribution in [-0.4, -0.2) is 39.3 Å². The van der Waals surface area contributed by atoms with Crippen LogP contribution in [0.25, 0.3) is 0 Å². The molecule has 1 heterocycles. The summed E-state index contributed by atoms with van der Waals surface area (Å²) in [5.74, 6) is 1.65. The van der Waals surface area contributed by atoms with E-state index in [-0.39, 0.29) is 11.9 Å². The van der Waals surface area contributed by atoms with E-state index in [1.54, 1.807) is 14.2 Å². The van der Waals surface area contributed by atoms with Gasteiger partial charge in [0, 0.05) is 12.6 Å². The van der Waals surface area contributed by atoms with Crippen molar-refractivity contribution in [3.05, 3.63) is 23.8 Å². The van der Waals surface area contributed by atoms with Gasteiger partial charge in [-0.05, 0) is 37.4 Å². The second-order valence-electron chi connectivity index (χ2n) is 4.87. The Morgan fingerprint density at radius 3 is 2.90 bits per heavy atom. The van der Waals surface area contributed by atoms with E-state index in [1.165, 1.54) is 0 Å². The highest BCUT2D eigenvalue weighted by Gasteiger charge is 2.21. The lowest BCUT2D eigenvalue weighted by atomic mass is 10.1. The van der Waals surface area contributed by atoms with Crippen LogP contribution in [0.5, 0.6) is 11.5 Å². The summed E-state index contributed by atoms with van der Waals surface area (Å²) in [6.07, 6.45) is 2.74. The molecule has 0 aromatic heterocycles. The van der Waals surface area contributed by atoms with Gasteiger partial charge in [0.15, 0.2) is 0 Å². The molecule has 5 nitrogen and oxygen atoms in total. The van der Waals surface area contributed by atoms with Crippen molar-refractivity contribution in [3.63, 3.8) is 0 Å². The SMILES string of the molecule is COc1ccc(CCNC(=O)C2CCCN2)c(OC)c1. The molecule has 0 saturated carbocycles. The van der Waals surface area contributed by atoms with Gasteiger partial charge in [-0.2, -0.15) is 0 Å². The molecule has 1 aliphatic rings. The van der Waals surface area contributed by atoms with Crippen molar-refractivity contribution < 1.29 is 14.3 Å². The maximum atomic E-state index is 11.9. The lowest BCUT2D eigenvalue weighted by molar-refractivity contribution is -0.122. The fourth-order valence-electron chi connectivity index (χ4n) is 2.41. The maximum absolute atomic E-state index is 11.9. The molecule has 0 spiro atoms. The van der Waals surface area contributed by atoms with E-state index in [9.17, 15) is 4.79 Å². The lowest BCUT2D eigenvalue weighted by Crippen LogP contribution is -2.41. The zero-order valence-corrected chi connectivity index (χ0v) is 12.1. The first-order valence-electron chi connectivity index (χ1n) is 6.96. The van der Waals surface area contributed by atoms with E-state index in [0.29, 0.717) is 6.54 Å². The molecule has 1 aromatic rings. The van der Waals surface area contributed by atoms with Gasteiger partial charge in [0.2, 0.25) is 5.91 Å². The third kappa shape index (κ3) is 3.63. The maximum Gasteiger partial charge on any atom is 0.237 e. The van der Waals surface area contributed by atoms with Crippen LogP contribution in [0.2, 0.25) is 0 Å². The molecular weight excluding hydrogens is 256 g/mol. The number of benzene rings is 1. The zero-order chi connectivity index (χ0) is 14.4. The molecule has 1 aliphatic heterocycles. The Balaban J connectivity index is 1.85. The van der Waals surface area contributed by atoms with Crippen molar-refractivity contribution in [1.29, 1.82) is 0 Å². The number of methoxy groups -OCH3 is 2. The summed E-state index contributed by atoms with van der Waals surface area (Å²) in [6.45, 7) is 1.55. The summed E-state index contributed by atoms with van der Waals surface area (Å²) >= 11 is 0. The van der Waals surface area contributed by atoms with Crippen LogP contribution >= 0.6 is 0 Å². The molecule has 5 heteroatoms. The highest BCUT2D eigenvalue weighted by molar-refractivity contribution is 5.81. The molecule has 1 amide bonds. The number of ether oxygens (including phenoxy) is 2. The molecule has 0 bridgehead atoms. The molecule has 0 radical (unpaired) electrons. The highest BCUT2D eigenvalue weighted by atomic mass is 16.5. The summed E-state index contributed by atoms with van der Waals surface area (Å²) in [6, 6.07) is 5.71. The van der Waals surface area contributed by atoms with Gasteiger partial charge in [-0.3, -0.25) is 4.79 Å². The van der Waals surface area contributed by atoms with Crippen molar-refractivity contribution in [2.24, 2.45) is 0 Å². The van der Waals surface area contributed by atoms with Crippen molar-refractivity contribution in [1.82, 2.24) is 10.6 Å². The quantitative estimate of drug-likeness (QED) is 0.818. The summed E-state index contributed by atoms with van der Waals surface area (Å²) in [5.41, 5.74) is 1.06. The molecule has 1 aromatic carbocycles. The van der Waals surface area contributed by atoms with Crippen molar-refractivity contribution in [2.75, 3.05) is 27.3 Å². The van der Waals surface area contributed by atoms with Crippen LogP contribution in [0.1, 0.15) is 18.4 Å². The molecule has 20 heavy (non-hydrogen) atoms. The van der Waals surface area contributed by atoms with E-state index in [2.05, 4.69) is 10.6 Å². The van der Waals surface area contributed by atoms with Crippen LogP contribution in [0.15, 0.2) is 18.2 Å². The third-order valence-corrected chi connectivity index (χ3v) is 3.56. The predicted molar refractivity (Wildman–Crippen MR) is 77.3 cm³/mol. The van der Waals surface area contributed by atoms with Crippen LogP contribution in [0, 0.1) is 0 Å². The Bertz CT molecular complexity index is 456. The Morgan fingerprint density at radius 2 is 2.25 bits per heavy atom. The number of hydrogen-bond donors (Lipinski definition) is 2. The minimum absolute atomic E-state index is 0.0206. The molecule has 0 aliphatic carbocycles. The molecule has 1 fully saturated rings. The van der Waals surface area contributed by atoms with E-state index in [0.717, 1.165) is 42.9 Å². The topological polar surface area (TPSA) is 59.6 Å². The van der Waals surface area contributed by atoms with Crippen LogP contribution in [-0.2, 0) is 11.2 Å². The first kappa shape index (κ1) is 14.7. The zero-order valence-electron chi connectivity index (χ0n) is 12.1. The summed E-state index contributed by atoms with van der Waals surface area (Å²) in [4.78, 5) is 11.9. The van der Waals surface area contributed by atoms with Gasteiger partial charge < -0.3 is 20.1 Å². The van der Waals surface area contributed by atoms with Crippen LogP contribution in [0.3, 0.4) is 0 Å². The Labute approximate surface area is 119 Å². The number of rotatable bonds is 6. The number of carbonyl (C=O) groups excluding carboxylic acids is 1. The number of amides is 1. The fraction of sp³-hybridized carbons (Fsp3) is 0.533. The molecule has 110 valence electrons. The van der Waals surface area contributed by atoms with Gasteiger partial charge in [-0.25, -0.2) is 0 Å². The van der Waals surface area contributed by atoms with E-state index < -0.39 is 0 Å². The summed E-state index contributed by atoms with van der Waals surface area (Å²) in [5, 5.41) is 6.15. The van der Waals surface area contributed by atoms with Crippen LogP contribution < -0.4 is 20.1 Å². The molecular formula is C15H22N2O3. The largest absolute Gasteiger partial charge is 0.497 e. The number of hydrogen-bond acceptors (Lipinski definition) is 4. The second-order valence-corrected chi connectivity index (χ2v) is 4.87. The summed E-state index contributed by atoms with van der Waals surface area (Å²) in [7, 11) is 3.27. The van der Waals surface area contributed by atoms with E-state index in [4.69, 9.17) is 9.47 Å². The van der Waals surface area contributed by atoms with Crippen molar-refractivity contribution in [3.8, 4) is 11.5 Å². The van der Waals surface area contributed by atoms with Crippen LogP contribution in [0.4, 0.5) is 0 Å². The minimum atomic E-state index is -0.0206. The number of carbonyl (C=O) groups is 1. The van der Waals surface area contributed by atoms with Gasteiger partial charge in [-0.15, -0.1) is 0 Å². The number of nitrogens with one attached hydrogen (secondary N) is 2. The molecule has 1 saturated heterocycles. The van der Waals surface area contributed by atoms with Crippen molar-refractivity contribution in [2.45, 2.75) is 25.3 Å². The average Bonchev–Trinajstić information content (AvgIpc) is 3.01. The Morgan fingerprint density at radius 1 is 1.40 bits per heavy atom. The third-order valence-electron chi connectivity index (χ3n) is 3.56. The van der Waals surface area contributed by atoms with Crippen molar-refractivity contribution >= 4 is 5.91 Å². The van der Waals surface area contributed by atoms with Gasteiger partial charge in [0.05, 0.1) is 20.3 Å². The fourth-order valence-corrected chi connectivity index (χ4v) is 2.41. The molecule has 2 N–H and O–H groups in total. The van der Waals surface area contributed by atoms with E-state index >= 15 is 0 Å². The highest BCUT2D eigenvalue weighted by Crippen LogP contribution is 2.24.